The van der Waals surface area contributed by atoms with Gasteiger partial charge in [-0.05, 0) is 62.6 Å². The van der Waals surface area contributed by atoms with Gasteiger partial charge in [0.25, 0.3) is 11.5 Å². The zero-order chi connectivity index (χ0) is 34.0. The summed E-state index contributed by atoms with van der Waals surface area (Å²) in [6.07, 6.45) is 2.90. The fraction of sp³-hybridized carbons (Fsp3) is 0.343. The molecule has 2 aromatic carbocycles. The lowest BCUT2D eigenvalue weighted by Crippen LogP contribution is -2.42. The van der Waals surface area contributed by atoms with E-state index in [9.17, 15) is 19.2 Å². The Morgan fingerprint density at radius 3 is 2.15 bits per heavy atom. The molecule has 12 heteroatoms. The zero-order valence-corrected chi connectivity index (χ0v) is 27.4. The summed E-state index contributed by atoms with van der Waals surface area (Å²) < 4.78 is 4.22. The molecular formula is C35H42N8O4. The molecule has 1 aliphatic heterocycles. The van der Waals surface area contributed by atoms with E-state index in [2.05, 4.69) is 10.7 Å². The fourth-order valence-electron chi connectivity index (χ4n) is 6.15. The van der Waals surface area contributed by atoms with Crippen LogP contribution in [-0.4, -0.2) is 56.5 Å². The smallest absolute Gasteiger partial charge is 0.335 e. The molecule has 0 bridgehead atoms. The summed E-state index contributed by atoms with van der Waals surface area (Å²) in [6.45, 7) is 8.78. The molecule has 0 saturated carbocycles. The van der Waals surface area contributed by atoms with Gasteiger partial charge >= 0.3 is 5.69 Å². The molecular weight excluding hydrogens is 596 g/mol. The topological polar surface area (TPSA) is 160 Å². The number of rotatable bonds is 9. The first-order valence-electron chi connectivity index (χ1n) is 15.8. The van der Waals surface area contributed by atoms with Crippen molar-refractivity contribution in [2.24, 2.45) is 11.7 Å². The van der Waals surface area contributed by atoms with Crippen molar-refractivity contribution in [1.29, 1.82) is 5.41 Å². The van der Waals surface area contributed by atoms with Crippen molar-refractivity contribution in [1.82, 2.24) is 18.7 Å². The Kier molecular flexibility index (Phi) is 9.50. The van der Waals surface area contributed by atoms with E-state index in [-0.39, 0.29) is 35.2 Å². The second-order valence-electron chi connectivity index (χ2n) is 12.4. The van der Waals surface area contributed by atoms with Gasteiger partial charge in [0, 0.05) is 61.2 Å². The van der Waals surface area contributed by atoms with Crippen molar-refractivity contribution in [3.8, 4) is 16.8 Å². The van der Waals surface area contributed by atoms with Crippen molar-refractivity contribution >= 4 is 23.3 Å². The molecule has 3 heterocycles. The second-order valence-corrected chi connectivity index (χ2v) is 12.4. The first-order chi connectivity index (χ1) is 22.4. The average molecular weight is 639 g/mol. The van der Waals surface area contributed by atoms with Gasteiger partial charge in [-0.2, -0.15) is 0 Å². The van der Waals surface area contributed by atoms with Crippen LogP contribution in [0.2, 0.25) is 0 Å². The lowest BCUT2D eigenvalue weighted by Gasteiger charge is -2.33. The number of nitrogen functional groups attached to an aromatic ring is 1. The Labute approximate surface area is 273 Å². The first-order valence-corrected chi connectivity index (χ1v) is 15.8. The van der Waals surface area contributed by atoms with Crippen LogP contribution in [0.4, 0.5) is 5.69 Å². The normalized spacial score (nSPS) is 13.6. The van der Waals surface area contributed by atoms with Gasteiger partial charge in [0.2, 0.25) is 5.91 Å². The van der Waals surface area contributed by atoms with E-state index in [1.54, 1.807) is 63.4 Å². The number of hydrogen-bond acceptors (Lipinski definition) is 6. The second kappa shape index (κ2) is 13.5. The van der Waals surface area contributed by atoms with E-state index >= 15 is 0 Å². The maximum Gasteiger partial charge on any atom is 0.335 e. The van der Waals surface area contributed by atoms with E-state index in [1.807, 2.05) is 41.6 Å². The van der Waals surface area contributed by atoms with E-state index < -0.39 is 17.2 Å². The van der Waals surface area contributed by atoms with E-state index in [4.69, 9.17) is 11.1 Å². The largest absolute Gasteiger partial charge is 0.382 e. The number of nitrogens with two attached hydrogens (primary N) is 1. The highest BCUT2D eigenvalue weighted by molar-refractivity contribution is 6.04. The molecule has 0 atom stereocenters. The maximum absolute atomic E-state index is 13.4. The van der Waals surface area contributed by atoms with Gasteiger partial charge in [0.05, 0.1) is 5.69 Å². The molecule has 5 N–H and O–H groups in total. The van der Waals surface area contributed by atoms with Crippen LogP contribution in [0, 0.1) is 11.3 Å². The number of nitrogens with one attached hydrogen (secondary N) is 3. The molecule has 12 nitrogen and oxygen atoms in total. The third-order valence-electron chi connectivity index (χ3n) is 8.61. The van der Waals surface area contributed by atoms with Crippen LogP contribution in [0.3, 0.4) is 0 Å². The lowest BCUT2D eigenvalue weighted by molar-refractivity contribution is -0.135. The summed E-state index contributed by atoms with van der Waals surface area (Å²) in [7, 11) is 1.78. The number of para-hydroxylation sites is 1. The highest BCUT2D eigenvalue weighted by Crippen LogP contribution is 2.35. The quantitative estimate of drug-likeness (QED) is 0.159. The summed E-state index contributed by atoms with van der Waals surface area (Å²) in [5, 5.41) is 11.2. The summed E-state index contributed by atoms with van der Waals surface area (Å²) in [4.78, 5) is 54.5. The minimum Gasteiger partial charge on any atom is -0.382 e. The minimum absolute atomic E-state index is 0.0424. The van der Waals surface area contributed by atoms with Crippen molar-refractivity contribution in [2.45, 2.75) is 52.5 Å². The standard InChI is InChI=1S/C35H42N8O4/c1-21(2)33(45)40-17-15-24(16-18-40)29-19-27(30(31(36)37)43(29)38-5)23-11-13-25(14-12-23)39-32(44)28-20-41(22(3)4)35(47)42(34(28)46)26-9-7-6-8-10-26/h6-14,19-22,24,38H,15-18H2,1-5H3,(H3,36,37)(H,39,44). The number of anilines is 1. The van der Waals surface area contributed by atoms with Crippen molar-refractivity contribution in [3.63, 3.8) is 0 Å². The minimum atomic E-state index is -0.710. The van der Waals surface area contributed by atoms with Crippen molar-refractivity contribution < 1.29 is 9.59 Å². The highest BCUT2D eigenvalue weighted by Gasteiger charge is 2.29. The number of hydrogen-bond donors (Lipinski definition) is 4. The molecule has 0 radical (unpaired) electrons. The molecule has 1 aliphatic rings. The van der Waals surface area contributed by atoms with E-state index in [0.29, 0.717) is 30.2 Å². The van der Waals surface area contributed by atoms with Crippen LogP contribution in [0.15, 0.2) is 76.4 Å². The molecule has 47 heavy (non-hydrogen) atoms. The lowest BCUT2D eigenvalue weighted by atomic mass is 9.92. The summed E-state index contributed by atoms with van der Waals surface area (Å²) in [6, 6.07) is 17.3. The molecule has 0 unspecified atom stereocenters. The Bertz CT molecular complexity index is 1910. The van der Waals surface area contributed by atoms with Crippen LogP contribution >= 0.6 is 0 Å². The van der Waals surface area contributed by atoms with Crippen LogP contribution in [0.25, 0.3) is 16.8 Å². The fourth-order valence-corrected chi connectivity index (χ4v) is 6.15. The number of amidine groups is 1. The van der Waals surface area contributed by atoms with Crippen molar-refractivity contribution in [2.75, 3.05) is 30.9 Å². The van der Waals surface area contributed by atoms with E-state index in [0.717, 1.165) is 34.2 Å². The number of amides is 2. The van der Waals surface area contributed by atoms with Gasteiger partial charge in [0.1, 0.15) is 17.1 Å². The molecule has 4 aromatic rings. The van der Waals surface area contributed by atoms with Gasteiger partial charge in [-0.15, -0.1) is 0 Å². The SMILES string of the molecule is CNn1c(C2CCN(C(=O)C(C)C)CC2)cc(-c2ccc(NC(=O)c3cn(C(C)C)c(=O)n(-c4ccccc4)c3=O)cc2)c1C(=N)N. The average Bonchev–Trinajstić information content (AvgIpc) is 3.45. The predicted octanol–water partition coefficient (Wildman–Crippen LogP) is 4.12. The molecule has 2 aromatic heterocycles. The summed E-state index contributed by atoms with van der Waals surface area (Å²) >= 11 is 0. The molecule has 1 fully saturated rings. The molecule has 2 amide bonds. The van der Waals surface area contributed by atoms with Crippen LogP contribution in [0.1, 0.15) is 74.2 Å². The van der Waals surface area contributed by atoms with Gasteiger partial charge in [0.15, 0.2) is 0 Å². The zero-order valence-electron chi connectivity index (χ0n) is 27.4. The monoisotopic (exact) mass is 638 g/mol. The summed E-state index contributed by atoms with van der Waals surface area (Å²) in [5.74, 6) is -0.456. The number of benzene rings is 2. The third kappa shape index (κ3) is 6.49. The Hall–Kier alpha value is -5.39. The molecule has 5 rings (SSSR count). The van der Waals surface area contributed by atoms with Gasteiger partial charge in [-0.25, -0.2) is 9.36 Å². The van der Waals surface area contributed by atoms with Gasteiger partial charge in [-0.1, -0.05) is 44.2 Å². The van der Waals surface area contributed by atoms with Gasteiger partial charge in [-0.3, -0.25) is 29.0 Å². The first kappa shape index (κ1) is 33.0. The highest BCUT2D eigenvalue weighted by atomic mass is 16.2. The summed E-state index contributed by atoms with van der Waals surface area (Å²) in [5.41, 5.74) is 11.8. The maximum atomic E-state index is 13.4. The molecule has 246 valence electrons. The number of likely N-dealkylation sites (tertiary alicyclic amines) is 1. The Morgan fingerprint density at radius 2 is 1.60 bits per heavy atom. The number of carbonyl (C=O) groups excluding carboxylic acids is 2. The molecule has 0 spiro atoms. The Morgan fingerprint density at radius 1 is 0.957 bits per heavy atom. The number of aromatic nitrogens is 3. The van der Waals surface area contributed by atoms with Gasteiger partial charge < -0.3 is 21.4 Å². The number of piperidine rings is 1. The molecule has 0 aliphatic carbocycles. The third-order valence-corrected chi connectivity index (χ3v) is 8.61. The Balaban J connectivity index is 1.43. The van der Waals surface area contributed by atoms with Crippen LogP contribution < -0.4 is 27.7 Å². The molecule has 1 saturated heterocycles. The predicted molar refractivity (Wildman–Crippen MR) is 184 cm³/mol. The van der Waals surface area contributed by atoms with E-state index in [1.165, 1.54) is 10.8 Å². The van der Waals surface area contributed by atoms with Crippen LogP contribution in [-0.2, 0) is 4.79 Å². The number of nitrogens with zero attached hydrogens (tertiary/aromatic N) is 4. The van der Waals surface area contributed by atoms with Crippen molar-refractivity contribution in [3.05, 3.63) is 105 Å². The van der Waals surface area contributed by atoms with Crippen LogP contribution in [0.5, 0.6) is 0 Å². The number of carbonyl (C=O) groups is 2.